The summed E-state index contributed by atoms with van der Waals surface area (Å²) in [7, 11) is 0. The Bertz CT molecular complexity index is 981. The molecule has 1 amide bonds. The van der Waals surface area contributed by atoms with E-state index in [2.05, 4.69) is 6.07 Å². The second-order valence-corrected chi connectivity index (χ2v) is 8.28. The second kappa shape index (κ2) is 7.24. The highest BCUT2D eigenvalue weighted by Crippen LogP contribution is 2.33. The van der Waals surface area contributed by atoms with Gasteiger partial charge < -0.3 is 14.1 Å². The Morgan fingerprint density at radius 2 is 1.86 bits per heavy atom. The fraction of sp³-hybridized carbons (Fsp3) is 0.545. The number of nitrogens with one attached hydrogen (secondary N) is 1. The molecule has 1 unspecified atom stereocenters. The van der Waals surface area contributed by atoms with Crippen LogP contribution in [-0.2, 0) is 24.2 Å². The van der Waals surface area contributed by atoms with E-state index in [0.717, 1.165) is 92.5 Å². The van der Waals surface area contributed by atoms with Crippen molar-refractivity contribution in [2.45, 2.75) is 51.5 Å². The molecule has 0 saturated carbocycles. The zero-order chi connectivity index (χ0) is 19.1. The third-order valence-electron chi connectivity index (χ3n) is 6.44. The predicted molar refractivity (Wildman–Crippen MR) is 105 cm³/mol. The highest BCUT2D eigenvalue weighted by atomic mass is 16.5. The molecule has 3 heterocycles. The summed E-state index contributed by atoms with van der Waals surface area (Å²) in [5.74, 6) is 1.12. The molecular formula is C22H27N2O4+. The molecule has 148 valence electrons. The first kappa shape index (κ1) is 17.7. The lowest BCUT2D eigenvalue weighted by Crippen LogP contribution is -3.12. The normalized spacial score (nSPS) is 21.5. The van der Waals surface area contributed by atoms with E-state index in [1.807, 2.05) is 11.0 Å². The number of ether oxygens (including phenoxy) is 1. The number of quaternary nitrogens is 1. The number of aryl methyl sites for hydroxylation is 1. The number of hydrogen-bond donors (Lipinski definition) is 1. The van der Waals surface area contributed by atoms with Gasteiger partial charge in [0.25, 0.3) is 0 Å². The van der Waals surface area contributed by atoms with Gasteiger partial charge in [-0.25, -0.2) is 4.79 Å². The number of benzene rings is 1. The summed E-state index contributed by atoms with van der Waals surface area (Å²) in [5.41, 5.74) is 3.61. The van der Waals surface area contributed by atoms with E-state index in [9.17, 15) is 9.59 Å². The molecule has 1 saturated heterocycles. The van der Waals surface area contributed by atoms with Crippen LogP contribution in [0.4, 0.5) is 0 Å². The van der Waals surface area contributed by atoms with Crippen molar-refractivity contribution in [2.75, 3.05) is 26.4 Å². The predicted octanol–water partition coefficient (Wildman–Crippen LogP) is 1.42. The van der Waals surface area contributed by atoms with Crippen molar-refractivity contribution in [3.63, 3.8) is 0 Å². The van der Waals surface area contributed by atoms with Gasteiger partial charge in [0.2, 0.25) is 12.6 Å². The van der Waals surface area contributed by atoms with Crippen molar-refractivity contribution in [1.82, 2.24) is 4.90 Å². The summed E-state index contributed by atoms with van der Waals surface area (Å²) >= 11 is 0. The van der Waals surface area contributed by atoms with Crippen molar-refractivity contribution in [3.8, 4) is 5.75 Å². The van der Waals surface area contributed by atoms with E-state index in [1.165, 1.54) is 10.5 Å². The Balaban J connectivity index is 1.37. The van der Waals surface area contributed by atoms with Crippen molar-refractivity contribution >= 4 is 16.9 Å². The Morgan fingerprint density at radius 1 is 1.00 bits per heavy atom. The van der Waals surface area contributed by atoms with Crippen LogP contribution in [-0.4, -0.2) is 37.2 Å². The molecule has 5 rings (SSSR count). The number of carbonyl (C=O) groups is 1. The van der Waals surface area contributed by atoms with Crippen LogP contribution in [0.25, 0.3) is 11.0 Å². The summed E-state index contributed by atoms with van der Waals surface area (Å²) in [6.45, 7) is 4.07. The molecule has 1 aromatic heterocycles. The summed E-state index contributed by atoms with van der Waals surface area (Å²) in [6.07, 6.45) is 6.62. The van der Waals surface area contributed by atoms with Gasteiger partial charge in [-0.2, -0.15) is 0 Å². The van der Waals surface area contributed by atoms with E-state index in [1.54, 1.807) is 0 Å². The van der Waals surface area contributed by atoms with Crippen molar-refractivity contribution in [2.24, 2.45) is 0 Å². The number of hydrogen-bond acceptors (Lipinski definition) is 4. The fourth-order valence-electron chi connectivity index (χ4n) is 4.95. The Kier molecular flexibility index (Phi) is 4.59. The number of carbonyl (C=O) groups excluding carboxylic acids is 1. The molecule has 1 aromatic carbocycles. The van der Waals surface area contributed by atoms with Gasteiger partial charge in [0.05, 0.1) is 12.1 Å². The molecule has 28 heavy (non-hydrogen) atoms. The van der Waals surface area contributed by atoms with E-state index in [0.29, 0.717) is 13.2 Å². The minimum atomic E-state index is -0.171. The van der Waals surface area contributed by atoms with Crippen LogP contribution in [0.1, 0.15) is 48.8 Å². The van der Waals surface area contributed by atoms with Gasteiger partial charge in [0.1, 0.15) is 12.3 Å². The molecule has 0 bridgehead atoms. The Hall–Kier alpha value is -2.34. The maximum atomic E-state index is 12.5. The SMILES string of the molecule is O=C1CCCN1CCC[NH+]1COc2ccc3c4c(c(=O)oc3c2C1)CCCC4. The van der Waals surface area contributed by atoms with Gasteiger partial charge in [0.15, 0.2) is 5.58 Å². The lowest BCUT2D eigenvalue weighted by atomic mass is 9.90. The third kappa shape index (κ3) is 3.09. The van der Waals surface area contributed by atoms with E-state index in [4.69, 9.17) is 9.15 Å². The van der Waals surface area contributed by atoms with Crippen molar-refractivity contribution < 1.29 is 18.8 Å². The smallest absolute Gasteiger partial charge is 0.339 e. The highest BCUT2D eigenvalue weighted by molar-refractivity contribution is 5.86. The topological polar surface area (TPSA) is 64.2 Å². The largest absolute Gasteiger partial charge is 0.445 e. The summed E-state index contributed by atoms with van der Waals surface area (Å²) in [4.78, 5) is 27.6. The van der Waals surface area contributed by atoms with E-state index < -0.39 is 0 Å². The van der Waals surface area contributed by atoms with Gasteiger partial charge in [0, 0.05) is 36.9 Å². The maximum Gasteiger partial charge on any atom is 0.339 e. The standard InChI is InChI=1S/C22H26N2O4/c25-20-7-3-11-24(20)12-4-10-23-13-18-19(27-14-23)9-8-16-15-5-1-2-6-17(15)22(26)28-21(16)18/h8-9H,1-7,10-14H2/p+1. The van der Waals surface area contributed by atoms with Crippen LogP contribution >= 0.6 is 0 Å². The molecule has 2 aromatic rings. The van der Waals surface area contributed by atoms with Crippen LogP contribution in [0.15, 0.2) is 21.3 Å². The molecule has 1 N–H and O–H groups in total. The number of fused-ring (bicyclic) bond motifs is 5. The van der Waals surface area contributed by atoms with Gasteiger partial charge in [-0.3, -0.25) is 9.69 Å². The quantitative estimate of drug-likeness (QED) is 0.811. The van der Waals surface area contributed by atoms with Crippen LogP contribution in [0.5, 0.6) is 5.75 Å². The number of amides is 1. The molecule has 6 heteroatoms. The van der Waals surface area contributed by atoms with Gasteiger partial charge in [-0.1, -0.05) is 0 Å². The Labute approximate surface area is 164 Å². The Morgan fingerprint density at radius 3 is 2.68 bits per heavy atom. The molecule has 1 atom stereocenters. The van der Waals surface area contributed by atoms with E-state index >= 15 is 0 Å². The van der Waals surface area contributed by atoms with Crippen LogP contribution in [0, 0.1) is 0 Å². The van der Waals surface area contributed by atoms with Gasteiger partial charge >= 0.3 is 5.63 Å². The average molecular weight is 383 g/mol. The molecule has 0 spiro atoms. The zero-order valence-corrected chi connectivity index (χ0v) is 16.2. The van der Waals surface area contributed by atoms with Crippen LogP contribution in [0.3, 0.4) is 0 Å². The molecular weight excluding hydrogens is 356 g/mol. The lowest BCUT2D eigenvalue weighted by molar-refractivity contribution is -0.932. The zero-order valence-electron chi connectivity index (χ0n) is 16.2. The summed E-state index contributed by atoms with van der Waals surface area (Å²) in [6, 6.07) is 4.09. The molecule has 1 aliphatic carbocycles. The summed E-state index contributed by atoms with van der Waals surface area (Å²) < 4.78 is 11.8. The minimum Gasteiger partial charge on any atom is -0.445 e. The number of rotatable bonds is 4. The molecule has 3 aliphatic rings. The number of likely N-dealkylation sites (tertiary alicyclic amines) is 1. The first-order valence-corrected chi connectivity index (χ1v) is 10.6. The molecule has 6 nitrogen and oxygen atoms in total. The molecule has 2 aliphatic heterocycles. The third-order valence-corrected chi connectivity index (χ3v) is 6.44. The van der Waals surface area contributed by atoms with E-state index in [-0.39, 0.29) is 11.5 Å². The maximum absolute atomic E-state index is 12.5. The highest BCUT2D eigenvalue weighted by Gasteiger charge is 2.27. The van der Waals surface area contributed by atoms with Crippen molar-refractivity contribution in [1.29, 1.82) is 0 Å². The van der Waals surface area contributed by atoms with Gasteiger partial charge in [-0.15, -0.1) is 0 Å². The van der Waals surface area contributed by atoms with Gasteiger partial charge in [-0.05, 0) is 49.8 Å². The minimum absolute atomic E-state index is 0.171. The van der Waals surface area contributed by atoms with Crippen molar-refractivity contribution in [3.05, 3.63) is 39.2 Å². The molecule has 0 radical (unpaired) electrons. The first-order chi connectivity index (χ1) is 13.7. The fourth-order valence-corrected chi connectivity index (χ4v) is 4.95. The average Bonchev–Trinajstić information content (AvgIpc) is 3.13. The van der Waals surface area contributed by atoms with Crippen LogP contribution < -0.4 is 15.3 Å². The van der Waals surface area contributed by atoms with Crippen LogP contribution in [0.2, 0.25) is 0 Å². The number of nitrogens with zero attached hydrogens (tertiary/aromatic N) is 1. The summed E-state index contributed by atoms with van der Waals surface area (Å²) in [5, 5.41) is 1.08. The monoisotopic (exact) mass is 383 g/mol. The molecule has 1 fully saturated rings. The second-order valence-electron chi connectivity index (χ2n) is 8.28. The first-order valence-electron chi connectivity index (χ1n) is 10.6. The lowest BCUT2D eigenvalue weighted by Gasteiger charge is -2.27.